The molecule has 2 fully saturated rings. The fraction of sp³-hybridized carbons (Fsp3) is 0.632. The van der Waals surface area contributed by atoms with Gasteiger partial charge in [0.25, 0.3) is 0 Å². The van der Waals surface area contributed by atoms with Crippen LogP contribution in [0.15, 0.2) is 18.2 Å². The monoisotopic (exact) mass is 330 g/mol. The van der Waals surface area contributed by atoms with Crippen molar-refractivity contribution < 1.29 is 14.3 Å². The lowest BCUT2D eigenvalue weighted by molar-refractivity contribution is -0.132. The number of nitrogens with zero attached hydrogens (tertiary/aromatic N) is 1. The predicted octanol–water partition coefficient (Wildman–Crippen LogP) is 2.51. The molecule has 1 aromatic carbocycles. The average Bonchev–Trinajstić information content (AvgIpc) is 3.31. The number of fused-ring (bicyclic) bond motifs is 1. The third-order valence-corrected chi connectivity index (χ3v) is 5.45. The lowest BCUT2D eigenvalue weighted by Gasteiger charge is -2.27. The van der Waals surface area contributed by atoms with Crippen molar-refractivity contribution in [1.82, 2.24) is 10.2 Å². The zero-order valence-electron chi connectivity index (χ0n) is 14.1. The van der Waals surface area contributed by atoms with E-state index in [1.807, 2.05) is 6.07 Å². The van der Waals surface area contributed by atoms with E-state index in [0.29, 0.717) is 31.5 Å². The zero-order valence-corrected chi connectivity index (χ0v) is 14.1. The van der Waals surface area contributed by atoms with Crippen LogP contribution in [0.2, 0.25) is 0 Å². The number of benzene rings is 1. The lowest BCUT2D eigenvalue weighted by atomic mass is 10.0. The van der Waals surface area contributed by atoms with E-state index in [4.69, 9.17) is 9.47 Å². The molecule has 130 valence electrons. The molecule has 3 heterocycles. The summed E-state index contributed by atoms with van der Waals surface area (Å²) in [6, 6.07) is 6.32. The van der Waals surface area contributed by atoms with Crippen molar-refractivity contribution in [3.63, 3.8) is 0 Å². The van der Waals surface area contributed by atoms with Crippen molar-refractivity contribution in [2.45, 2.75) is 38.1 Å². The van der Waals surface area contributed by atoms with Crippen LogP contribution in [0.25, 0.3) is 0 Å². The molecule has 4 rings (SSSR count). The normalized spacial score (nSPS) is 25.9. The van der Waals surface area contributed by atoms with Crippen LogP contribution in [0.3, 0.4) is 0 Å². The molecule has 1 N–H and O–H groups in total. The number of amides is 1. The molecule has 0 aromatic heterocycles. The molecule has 2 atom stereocenters. The smallest absolute Gasteiger partial charge is 0.223 e. The minimum absolute atomic E-state index is 0.190. The Morgan fingerprint density at radius 2 is 2.08 bits per heavy atom. The topological polar surface area (TPSA) is 50.8 Å². The van der Waals surface area contributed by atoms with Crippen LogP contribution in [-0.2, 0) is 4.79 Å². The first kappa shape index (κ1) is 15.8. The number of carbonyl (C=O) groups excluding carboxylic acids is 1. The molecule has 3 aliphatic rings. The number of ether oxygens (including phenoxy) is 2. The second-order valence-electron chi connectivity index (χ2n) is 7.05. The summed E-state index contributed by atoms with van der Waals surface area (Å²) in [4.78, 5) is 14.8. The average molecular weight is 330 g/mol. The van der Waals surface area contributed by atoms with Crippen molar-refractivity contribution in [3.8, 4) is 11.5 Å². The number of rotatable bonds is 4. The molecule has 5 heteroatoms. The minimum Gasteiger partial charge on any atom is -0.486 e. The number of carbonyl (C=O) groups is 1. The van der Waals surface area contributed by atoms with Gasteiger partial charge in [-0.3, -0.25) is 4.79 Å². The van der Waals surface area contributed by atoms with Gasteiger partial charge in [-0.25, -0.2) is 0 Å². The molecule has 2 unspecified atom stereocenters. The molecule has 0 bridgehead atoms. The lowest BCUT2D eigenvalue weighted by Crippen LogP contribution is -2.31. The number of hydrogen-bond donors (Lipinski definition) is 1. The Labute approximate surface area is 143 Å². The highest BCUT2D eigenvalue weighted by Gasteiger charge is 2.31. The molecule has 1 amide bonds. The zero-order chi connectivity index (χ0) is 16.4. The SMILES string of the molecule is O=C(CCC1CCNC1)N1CCCC1c1ccc2c(c1)OCCO2. The first-order valence-corrected chi connectivity index (χ1v) is 9.21. The van der Waals surface area contributed by atoms with Gasteiger partial charge in [0.15, 0.2) is 11.5 Å². The highest BCUT2D eigenvalue weighted by atomic mass is 16.6. The van der Waals surface area contributed by atoms with Crippen LogP contribution in [-0.4, -0.2) is 43.7 Å². The van der Waals surface area contributed by atoms with Gasteiger partial charge < -0.3 is 19.7 Å². The van der Waals surface area contributed by atoms with E-state index >= 15 is 0 Å². The molecular weight excluding hydrogens is 304 g/mol. The van der Waals surface area contributed by atoms with Gasteiger partial charge in [0.2, 0.25) is 5.91 Å². The molecule has 3 aliphatic heterocycles. The summed E-state index contributed by atoms with van der Waals surface area (Å²) >= 11 is 0. The Balaban J connectivity index is 1.43. The van der Waals surface area contributed by atoms with Gasteiger partial charge in [-0.2, -0.15) is 0 Å². The Morgan fingerprint density at radius 3 is 2.92 bits per heavy atom. The van der Waals surface area contributed by atoms with Gasteiger partial charge in [-0.15, -0.1) is 0 Å². The quantitative estimate of drug-likeness (QED) is 0.922. The molecule has 0 aliphatic carbocycles. The second-order valence-corrected chi connectivity index (χ2v) is 7.05. The summed E-state index contributed by atoms with van der Waals surface area (Å²) in [6.07, 6.45) is 5.01. The maximum Gasteiger partial charge on any atom is 0.223 e. The third-order valence-electron chi connectivity index (χ3n) is 5.45. The largest absolute Gasteiger partial charge is 0.486 e. The third kappa shape index (κ3) is 3.22. The van der Waals surface area contributed by atoms with Gasteiger partial charge in [0, 0.05) is 13.0 Å². The van der Waals surface area contributed by atoms with E-state index in [-0.39, 0.29) is 6.04 Å². The minimum atomic E-state index is 0.190. The number of nitrogens with one attached hydrogen (secondary N) is 1. The van der Waals surface area contributed by atoms with E-state index in [1.54, 1.807) is 0 Å². The molecule has 24 heavy (non-hydrogen) atoms. The number of hydrogen-bond acceptors (Lipinski definition) is 4. The molecule has 1 aromatic rings. The highest BCUT2D eigenvalue weighted by molar-refractivity contribution is 5.77. The summed E-state index contributed by atoms with van der Waals surface area (Å²) < 4.78 is 11.3. The van der Waals surface area contributed by atoms with E-state index in [0.717, 1.165) is 50.4 Å². The number of likely N-dealkylation sites (tertiary alicyclic amines) is 1. The standard InChI is InChI=1S/C19H26N2O3/c22-19(6-3-14-7-8-20-13-14)21-9-1-2-16(21)15-4-5-17-18(12-15)24-11-10-23-17/h4-5,12,14,16,20H,1-3,6-11,13H2. The van der Waals surface area contributed by atoms with Gasteiger partial charge in [0.1, 0.15) is 13.2 Å². The van der Waals surface area contributed by atoms with Crippen LogP contribution in [0.5, 0.6) is 11.5 Å². The molecule has 0 saturated carbocycles. The fourth-order valence-electron chi connectivity index (χ4n) is 4.11. The molecule has 0 radical (unpaired) electrons. The van der Waals surface area contributed by atoms with Gasteiger partial charge >= 0.3 is 0 Å². The van der Waals surface area contributed by atoms with Crippen LogP contribution in [0, 0.1) is 5.92 Å². The Morgan fingerprint density at radius 1 is 1.21 bits per heavy atom. The van der Waals surface area contributed by atoms with Gasteiger partial charge in [-0.05, 0) is 62.4 Å². The summed E-state index contributed by atoms with van der Waals surface area (Å²) in [5.74, 6) is 2.60. The fourth-order valence-corrected chi connectivity index (χ4v) is 4.11. The van der Waals surface area contributed by atoms with Crippen molar-refractivity contribution >= 4 is 5.91 Å². The van der Waals surface area contributed by atoms with Crippen LogP contribution in [0.4, 0.5) is 0 Å². The van der Waals surface area contributed by atoms with Crippen molar-refractivity contribution in [2.75, 3.05) is 32.8 Å². The van der Waals surface area contributed by atoms with Gasteiger partial charge in [-0.1, -0.05) is 6.07 Å². The van der Waals surface area contributed by atoms with E-state index < -0.39 is 0 Å². The summed E-state index contributed by atoms with van der Waals surface area (Å²) in [6.45, 7) is 4.25. The Kier molecular flexibility index (Phi) is 4.60. The summed E-state index contributed by atoms with van der Waals surface area (Å²) in [5.41, 5.74) is 1.17. The predicted molar refractivity (Wildman–Crippen MR) is 91.3 cm³/mol. The summed E-state index contributed by atoms with van der Waals surface area (Å²) in [7, 11) is 0. The maximum absolute atomic E-state index is 12.7. The Bertz CT molecular complexity index is 598. The maximum atomic E-state index is 12.7. The van der Waals surface area contributed by atoms with E-state index in [9.17, 15) is 4.79 Å². The first-order chi connectivity index (χ1) is 11.8. The highest BCUT2D eigenvalue weighted by Crippen LogP contribution is 2.38. The second kappa shape index (κ2) is 7.01. The van der Waals surface area contributed by atoms with Crippen LogP contribution >= 0.6 is 0 Å². The van der Waals surface area contributed by atoms with Crippen molar-refractivity contribution in [3.05, 3.63) is 23.8 Å². The first-order valence-electron chi connectivity index (χ1n) is 9.21. The van der Waals surface area contributed by atoms with E-state index in [2.05, 4.69) is 22.3 Å². The molecule has 0 spiro atoms. The van der Waals surface area contributed by atoms with Crippen LogP contribution < -0.4 is 14.8 Å². The molecule has 2 saturated heterocycles. The van der Waals surface area contributed by atoms with Crippen LogP contribution in [0.1, 0.15) is 43.7 Å². The van der Waals surface area contributed by atoms with Crippen molar-refractivity contribution in [1.29, 1.82) is 0 Å². The molecule has 5 nitrogen and oxygen atoms in total. The van der Waals surface area contributed by atoms with E-state index in [1.165, 1.54) is 12.0 Å². The van der Waals surface area contributed by atoms with Crippen molar-refractivity contribution in [2.24, 2.45) is 5.92 Å². The van der Waals surface area contributed by atoms with Gasteiger partial charge in [0.05, 0.1) is 6.04 Å². The molecular formula is C19H26N2O3. The Hall–Kier alpha value is -1.75. The summed E-state index contributed by atoms with van der Waals surface area (Å²) in [5, 5.41) is 3.38.